The van der Waals surface area contributed by atoms with Gasteiger partial charge < -0.3 is 9.80 Å². The summed E-state index contributed by atoms with van der Waals surface area (Å²) in [6.07, 6.45) is 10.4. The highest BCUT2D eigenvalue weighted by molar-refractivity contribution is 4.66. The van der Waals surface area contributed by atoms with Crippen LogP contribution in [-0.2, 0) is 0 Å². The predicted molar refractivity (Wildman–Crippen MR) is 96.2 cm³/mol. The van der Waals surface area contributed by atoms with Crippen LogP contribution in [0.4, 0.5) is 0 Å². The molecule has 0 aromatic rings. The third kappa shape index (κ3) is 30.2. The highest BCUT2D eigenvalue weighted by Crippen LogP contribution is 1.92. The molecular formula is C18H38N2. The molecule has 0 aliphatic rings. The van der Waals surface area contributed by atoms with Crippen molar-refractivity contribution < 1.29 is 0 Å². The van der Waals surface area contributed by atoms with E-state index in [1.54, 1.807) is 6.08 Å². The van der Waals surface area contributed by atoms with E-state index in [0.717, 1.165) is 13.0 Å². The highest BCUT2D eigenvalue weighted by atomic mass is 15.1. The van der Waals surface area contributed by atoms with Crippen molar-refractivity contribution >= 4 is 0 Å². The van der Waals surface area contributed by atoms with Gasteiger partial charge in [-0.3, -0.25) is 0 Å². The minimum atomic E-state index is 1.11. The van der Waals surface area contributed by atoms with Gasteiger partial charge in [0, 0.05) is 13.6 Å². The molecule has 2 nitrogen and oxygen atoms in total. The second kappa shape index (κ2) is 23.1. The van der Waals surface area contributed by atoms with Gasteiger partial charge in [-0.1, -0.05) is 39.0 Å². The van der Waals surface area contributed by atoms with Crippen molar-refractivity contribution in [3.8, 4) is 0 Å². The monoisotopic (exact) mass is 282 g/mol. The molecular weight excluding hydrogens is 244 g/mol. The average molecular weight is 283 g/mol. The van der Waals surface area contributed by atoms with Crippen LogP contribution in [0, 0.1) is 0 Å². The molecule has 0 rings (SSSR count). The van der Waals surface area contributed by atoms with Crippen LogP contribution in [0.2, 0.25) is 0 Å². The second-order valence-corrected chi connectivity index (χ2v) is 4.81. The lowest BCUT2D eigenvalue weighted by Crippen LogP contribution is -2.23. The van der Waals surface area contributed by atoms with Crippen LogP contribution in [0.25, 0.3) is 0 Å². The lowest BCUT2D eigenvalue weighted by atomic mass is 10.3. The van der Waals surface area contributed by atoms with Gasteiger partial charge >= 0.3 is 0 Å². The quantitative estimate of drug-likeness (QED) is 0.552. The van der Waals surface area contributed by atoms with E-state index in [1.807, 2.05) is 19.2 Å². The summed E-state index contributed by atoms with van der Waals surface area (Å²) in [6, 6.07) is 0. The Hall–Kier alpha value is -1.02. The van der Waals surface area contributed by atoms with Gasteiger partial charge in [-0.25, -0.2) is 0 Å². The maximum atomic E-state index is 3.71. The smallest absolute Gasteiger partial charge is 0.0181 e. The molecule has 0 aliphatic heterocycles. The molecule has 0 N–H and O–H groups in total. The zero-order valence-electron chi connectivity index (χ0n) is 14.7. The summed E-state index contributed by atoms with van der Waals surface area (Å²) in [5, 5.41) is 0. The van der Waals surface area contributed by atoms with Gasteiger partial charge in [0.25, 0.3) is 0 Å². The Balaban J connectivity index is -0.000000299. The molecule has 0 unspecified atom stereocenters. The third-order valence-corrected chi connectivity index (χ3v) is 2.46. The van der Waals surface area contributed by atoms with E-state index in [2.05, 4.69) is 57.5 Å². The molecule has 0 spiro atoms. The summed E-state index contributed by atoms with van der Waals surface area (Å²) in [6.45, 7) is 20.4. The van der Waals surface area contributed by atoms with Gasteiger partial charge in [0.2, 0.25) is 0 Å². The Morgan fingerprint density at radius 1 is 0.900 bits per heavy atom. The molecule has 0 aromatic heterocycles. The molecule has 0 aromatic carbocycles. The number of hydrogen-bond acceptors (Lipinski definition) is 2. The number of hydrogen-bond donors (Lipinski definition) is 0. The normalized spacial score (nSPS) is 8.70. The molecule has 2 heteroatoms. The molecule has 0 heterocycles. The first-order valence-corrected chi connectivity index (χ1v) is 7.73. The van der Waals surface area contributed by atoms with Gasteiger partial charge in [0.05, 0.1) is 0 Å². The molecule has 0 radical (unpaired) electrons. The molecule has 20 heavy (non-hydrogen) atoms. The van der Waals surface area contributed by atoms with E-state index < -0.39 is 0 Å². The minimum absolute atomic E-state index is 1.11. The first kappa shape index (κ1) is 24.0. The maximum Gasteiger partial charge on any atom is 0.0181 e. The van der Waals surface area contributed by atoms with Gasteiger partial charge in [0.15, 0.2) is 0 Å². The Morgan fingerprint density at radius 3 is 1.75 bits per heavy atom. The molecule has 120 valence electrons. The van der Waals surface area contributed by atoms with Crippen molar-refractivity contribution in [2.75, 3.05) is 33.7 Å². The average Bonchev–Trinajstić information content (AvgIpc) is 2.41. The number of unbranched alkanes of at least 4 members (excludes halogenated alkanes) is 1. The van der Waals surface area contributed by atoms with E-state index >= 15 is 0 Å². The zero-order valence-corrected chi connectivity index (χ0v) is 14.7. The van der Waals surface area contributed by atoms with E-state index in [9.17, 15) is 0 Å². The van der Waals surface area contributed by atoms with E-state index in [0.29, 0.717) is 0 Å². The van der Waals surface area contributed by atoms with Crippen LogP contribution in [-0.4, -0.2) is 43.5 Å². The lowest BCUT2D eigenvalue weighted by molar-refractivity contribution is 0.309. The Labute approximate surface area is 128 Å². The van der Waals surface area contributed by atoms with Crippen molar-refractivity contribution in [2.24, 2.45) is 0 Å². The van der Waals surface area contributed by atoms with Crippen molar-refractivity contribution in [1.82, 2.24) is 9.80 Å². The fraction of sp³-hybridized carbons (Fsp3) is 0.667. The van der Waals surface area contributed by atoms with Crippen molar-refractivity contribution in [3.63, 3.8) is 0 Å². The van der Waals surface area contributed by atoms with Crippen LogP contribution in [0.15, 0.2) is 38.1 Å². The van der Waals surface area contributed by atoms with Crippen LogP contribution >= 0.6 is 0 Å². The van der Waals surface area contributed by atoms with Gasteiger partial charge in [-0.05, 0) is 52.5 Å². The predicted octanol–water partition coefficient (Wildman–Crippen LogP) is 4.96. The molecule has 0 bridgehead atoms. The fourth-order valence-corrected chi connectivity index (χ4v) is 1.38. The van der Waals surface area contributed by atoms with Crippen LogP contribution in [0.1, 0.15) is 46.5 Å². The summed E-state index contributed by atoms with van der Waals surface area (Å²) in [7, 11) is 4.24. The van der Waals surface area contributed by atoms with Crippen LogP contribution in [0.5, 0.6) is 0 Å². The molecule has 0 amide bonds. The van der Waals surface area contributed by atoms with E-state index in [4.69, 9.17) is 0 Å². The Morgan fingerprint density at radius 2 is 1.45 bits per heavy atom. The molecule has 0 saturated carbocycles. The first-order chi connectivity index (χ1) is 9.53. The second-order valence-electron chi connectivity index (χ2n) is 4.81. The summed E-state index contributed by atoms with van der Waals surface area (Å²) < 4.78 is 0. The number of allylic oxidation sites excluding steroid dienone is 2. The van der Waals surface area contributed by atoms with Crippen LogP contribution < -0.4 is 0 Å². The topological polar surface area (TPSA) is 6.48 Å². The molecule has 0 saturated heterocycles. The minimum Gasteiger partial charge on any atom is -0.381 e. The largest absolute Gasteiger partial charge is 0.381 e. The third-order valence-electron chi connectivity index (χ3n) is 2.46. The number of rotatable bonds is 9. The van der Waals surface area contributed by atoms with Gasteiger partial charge in [-0.2, -0.15) is 0 Å². The van der Waals surface area contributed by atoms with E-state index in [-0.39, 0.29) is 0 Å². The summed E-state index contributed by atoms with van der Waals surface area (Å²) >= 11 is 0. The Kier molecular flexibility index (Phi) is 27.8. The molecule has 0 atom stereocenters. The highest BCUT2D eigenvalue weighted by Gasteiger charge is 1.96. The van der Waals surface area contributed by atoms with E-state index in [1.165, 1.54) is 32.4 Å². The van der Waals surface area contributed by atoms with Crippen LogP contribution in [0.3, 0.4) is 0 Å². The Bertz CT molecular complexity index is 200. The van der Waals surface area contributed by atoms with Gasteiger partial charge in [-0.15, -0.1) is 13.2 Å². The molecule has 0 fully saturated rings. The fourth-order valence-electron chi connectivity index (χ4n) is 1.38. The van der Waals surface area contributed by atoms with Crippen molar-refractivity contribution in [2.45, 2.75) is 46.5 Å². The van der Waals surface area contributed by atoms with Crippen molar-refractivity contribution in [1.29, 1.82) is 0 Å². The number of nitrogens with zero attached hydrogens (tertiary/aromatic N) is 2. The summed E-state index contributed by atoms with van der Waals surface area (Å²) in [4.78, 5) is 4.50. The first-order valence-electron chi connectivity index (χ1n) is 7.73. The lowest BCUT2D eigenvalue weighted by Gasteiger charge is -2.18. The molecule has 0 aliphatic carbocycles. The summed E-state index contributed by atoms with van der Waals surface area (Å²) in [5.41, 5.74) is 0. The maximum absolute atomic E-state index is 3.71. The van der Waals surface area contributed by atoms with Gasteiger partial charge in [0.1, 0.15) is 0 Å². The standard InChI is InChI=1S/C10H22N2.C5H10.C3H6/c1-5-8-12(4)10-7-9-11(3)6-2;1-3-5-4-2;1-3-2/h6H,2,5,7-10H2,1,3-4H3;3H,1,4-5H2,2H3;3H,1H2,2H3. The summed E-state index contributed by atoms with van der Waals surface area (Å²) in [5.74, 6) is 0. The zero-order chi connectivity index (χ0) is 16.2. The van der Waals surface area contributed by atoms with Crippen molar-refractivity contribution in [3.05, 3.63) is 38.1 Å². The SMILES string of the molecule is C=CC.C=CCCC.C=CN(C)CCCN(C)CCC.